The Balaban J connectivity index is 0.000000322. The van der Waals surface area contributed by atoms with E-state index in [0.29, 0.717) is 24.6 Å². The van der Waals surface area contributed by atoms with Gasteiger partial charge in [-0.3, -0.25) is 4.79 Å². The Labute approximate surface area is 232 Å². The van der Waals surface area contributed by atoms with Gasteiger partial charge < -0.3 is 35.6 Å². The molecule has 0 bridgehead atoms. The van der Waals surface area contributed by atoms with Gasteiger partial charge in [-0.05, 0) is 86.3 Å². The summed E-state index contributed by atoms with van der Waals surface area (Å²) in [7, 11) is 3.33. The molecule has 0 saturated carbocycles. The van der Waals surface area contributed by atoms with Crippen LogP contribution in [0.3, 0.4) is 0 Å². The maximum absolute atomic E-state index is 10.5. The molecular formula is C31H43N3O5. The van der Waals surface area contributed by atoms with Crippen molar-refractivity contribution in [1.29, 1.82) is 0 Å². The van der Waals surface area contributed by atoms with Gasteiger partial charge in [0.1, 0.15) is 17.2 Å². The third-order valence-corrected chi connectivity index (χ3v) is 6.23. The minimum atomic E-state index is -0.744. The lowest BCUT2D eigenvalue weighted by Gasteiger charge is -2.18. The molecule has 5 N–H and O–H groups in total. The molecule has 0 aliphatic carbocycles. The van der Waals surface area contributed by atoms with Gasteiger partial charge in [0.15, 0.2) is 0 Å². The lowest BCUT2D eigenvalue weighted by atomic mass is 10.1. The average molecular weight is 538 g/mol. The molecule has 39 heavy (non-hydrogen) atoms. The number of phenols is 1. The quantitative estimate of drug-likeness (QED) is 0.152. The van der Waals surface area contributed by atoms with E-state index >= 15 is 0 Å². The second-order valence-corrected chi connectivity index (χ2v) is 9.43. The molecule has 1 amide bonds. The topological polar surface area (TPSA) is 112 Å². The SMILES string of the molecule is CCNC(C)Cc1ccc(OC)cc1.COc1ccc(CC(C)NCC(O)c2ccc(O)c(NC=O)c2)cc1. The predicted octanol–water partition coefficient (Wildman–Crippen LogP) is 4.46. The number of phenolic OH excluding ortho intramolecular Hbond substituents is 1. The van der Waals surface area contributed by atoms with Crippen LogP contribution < -0.4 is 25.4 Å². The fourth-order valence-corrected chi connectivity index (χ4v) is 4.09. The summed E-state index contributed by atoms with van der Waals surface area (Å²) in [4.78, 5) is 10.5. The molecule has 0 fully saturated rings. The summed E-state index contributed by atoms with van der Waals surface area (Å²) in [5.41, 5.74) is 3.42. The number of carbonyl (C=O) groups excluding carboxylic acids is 1. The van der Waals surface area contributed by atoms with Crippen LogP contribution in [0, 0.1) is 0 Å². The molecule has 0 aliphatic rings. The Morgan fingerprint density at radius 1 is 0.821 bits per heavy atom. The summed E-state index contributed by atoms with van der Waals surface area (Å²) in [6.07, 6.45) is 1.63. The number of aliphatic hydroxyl groups excluding tert-OH is 1. The number of hydrogen-bond donors (Lipinski definition) is 5. The second-order valence-electron chi connectivity index (χ2n) is 9.43. The smallest absolute Gasteiger partial charge is 0.211 e. The van der Waals surface area contributed by atoms with Crippen LogP contribution in [0.1, 0.15) is 43.6 Å². The van der Waals surface area contributed by atoms with Crippen LogP contribution in [-0.2, 0) is 17.6 Å². The van der Waals surface area contributed by atoms with E-state index in [2.05, 4.69) is 41.9 Å². The fraction of sp³-hybridized carbons (Fsp3) is 0.387. The number of carbonyl (C=O) groups is 1. The van der Waals surface area contributed by atoms with Crippen molar-refractivity contribution >= 4 is 12.1 Å². The molecule has 0 spiro atoms. The summed E-state index contributed by atoms with van der Waals surface area (Å²) in [6.45, 7) is 7.77. The first-order chi connectivity index (χ1) is 18.8. The van der Waals surface area contributed by atoms with Gasteiger partial charge in [0.25, 0.3) is 0 Å². The fourth-order valence-electron chi connectivity index (χ4n) is 4.09. The molecule has 0 radical (unpaired) electrons. The molecule has 212 valence electrons. The molecule has 3 aromatic carbocycles. The number of hydrogen-bond acceptors (Lipinski definition) is 7. The van der Waals surface area contributed by atoms with E-state index in [1.165, 1.54) is 17.2 Å². The average Bonchev–Trinajstić information content (AvgIpc) is 2.94. The molecule has 3 atom stereocenters. The number of rotatable bonds is 14. The van der Waals surface area contributed by atoms with Crippen molar-refractivity contribution in [3.8, 4) is 17.2 Å². The Kier molecular flexibility index (Phi) is 13.9. The first-order valence-corrected chi connectivity index (χ1v) is 13.2. The molecule has 3 unspecified atom stereocenters. The summed E-state index contributed by atoms with van der Waals surface area (Å²) >= 11 is 0. The number of aromatic hydroxyl groups is 1. The first-order valence-electron chi connectivity index (χ1n) is 13.2. The minimum absolute atomic E-state index is 0.0381. The number of methoxy groups -OCH3 is 2. The maximum Gasteiger partial charge on any atom is 0.211 e. The number of aliphatic hydroxyl groups is 1. The zero-order chi connectivity index (χ0) is 28.6. The molecule has 3 aromatic rings. The van der Waals surface area contributed by atoms with Crippen molar-refractivity contribution in [2.45, 2.75) is 51.8 Å². The van der Waals surface area contributed by atoms with Crippen LogP contribution in [-0.4, -0.2) is 56.0 Å². The number of anilines is 1. The highest BCUT2D eigenvalue weighted by Crippen LogP contribution is 2.26. The lowest BCUT2D eigenvalue weighted by molar-refractivity contribution is -0.105. The number of benzene rings is 3. The lowest BCUT2D eigenvalue weighted by Crippen LogP contribution is -2.32. The molecular weight excluding hydrogens is 494 g/mol. The second kappa shape index (κ2) is 17.1. The highest BCUT2D eigenvalue weighted by molar-refractivity contribution is 5.75. The molecule has 3 rings (SSSR count). The van der Waals surface area contributed by atoms with Crippen molar-refractivity contribution in [2.24, 2.45) is 0 Å². The van der Waals surface area contributed by atoms with E-state index in [9.17, 15) is 15.0 Å². The zero-order valence-electron chi connectivity index (χ0n) is 23.6. The number of likely N-dealkylation sites (N-methyl/N-ethyl adjacent to an activating group) is 1. The van der Waals surface area contributed by atoms with Gasteiger partial charge in [-0.15, -0.1) is 0 Å². The van der Waals surface area contributed by atoms with Gasteiger partial charge in [0.05, 0.1) is 26.0 Å². The van der Waals surface area contributed by atoms with Crippen molar-refractivity contribution in [3.63, 3.8) is 0 Å². The molecule has 8 heteroatoms. The largest absolute Gasteiger partial charge is 0.506 e. The van der Waals surface area contributed by atoms with Gasteiger partial charge >= 0.3 is 0 Å². The molecule has 0 aliphatic heterocycles. The number of nitrogens with one attached hydrogen (secondary N) is 3. The first kappa shape index (κ1) is 31.6. The Morgan fingerprint density at radius 3 is 1.79 bits per heavy atom. The van der Waals surface area contributed by atoms with Gasteiger partial charge in [-0.1, -0.05) is 37.3 Å². The summed E-state index contributed by atoms with van der Waals surface area (Å²) in [6, 6.07) is 21.5. The van der Waals surface area contributed by atoms with Crippen LogP contribution >= 0.6 is 0 Å². The number of ether oxygens (including phenoxy) is 2. The standard InChI is InChI=1S/C19H24N2O4.C12H19NO/c1-13(9-14-3-6-16(25-2)7-4-14)20-11-19(24)15-5-8-18(23)17(10-15)21-12-22;1-4-13-10(2)9-11-5-7-12(14-3)8-6-11/h3-8,10,12-13,19-20,23-24H,9,11H2,1-2H3,(H,21,22);5-8,10,13H,4,9H2,1-3H3. The van der Waals surface area contributed by atoms with Gasteiger partial charge in [0, 0.05) is 18.6 Å². The Bertz CT molecular complexity index is 1110. The van der Waals surface area contributed by atoms with E-state index in [4.69, 9.17) is 9.47 Å². The van der Waals surface area contributed by atoms with Crippen LogP contribution in [0.4, 0.5) is 5.69 Å². The highest BCUT2D eigenvalue weighted by Gasteiger charge is 2.12. The third-order valence-electron chi connectivity index (χ3n) is 6.23. The van der Waals surface area contributed by atoms with E-state index in [1.54, 1.807) is 26.4 Å². The minimum Gasteiger partial charge on any atom is -0.506 e. The van der Waals surface area contributed by atoms with E-state index < -0.39 is 6.10 Å². The van der Waals surface area contributed by atoms with E-state index in [1.807, 2.05) is 43.3 Å². The zero-order valence-corrected chi connectivity index (χ0v) is 23.6. The normalized spacial score (nSPS) is 12.9. The van der Waals surface area contributed by atoms with Crippen LogP contribution in [0.2, 0.25) is 0 Å². The molecule has 0 saturated heterocycles. The number of amides is 1. The molecule has 0 heterocycles. The van der Waals surface area contributed by atoms with E-state index in [-0.39, 0.29) is 17.5 Å². The summed E-state index contributed by atoms with van der Waals surface area (Å²) in [5.74, 6) is 1.71. The van der Waals surface area contributed by atoms with Crippen molar-refractivity contribution in [2.75, 3.05) is 32.6 Å². The predicted molar refractivity (Wildman–Crippen MR) is 157 cm³/mol. The Morgan fingerprint density at radius 2 is 1.33 bits per heavy atom. The van der Waals surface area contributed by atoms with Crippen molar-refractivity contribution < 1.29 is 24.5 Å². The maximum atomic E-state index is 10.5. The monoisotopic (exact) mass is 537 g/mol. The summed E-state index contributed by atoms with van der Waals surface area (Å²) < 4.78 is 10.3. The third kappa shape index (κ3) is 11.4. The molecule has 8 nitrogen and oxygen atoms in total. The van der Waals surface area contributed by atoms with E-state index in [0.717, 1.165) is 30.9 Å². The van der Waals surface area contributed by atoms with Gasteiger partial charge in [-0.2, -0.15) is 0 Å². The van der Waals surface area contributed by atoms with Gasteiger partial charge in [0.2, 0.25) is 6.41 Å². The van der Waals surface area contributed by atoms with Crippen molar-refractivity contribution in [3.05, 3.63) is 83.4 Å². The summed E-state index contributed by atoms with van der Waals surface area (Å²) in [5, 5.41) is 29.0. The Hall–Kier alpha value is -3.59. The van der Waals surface area contributed by atoms with Crippen LogP contribution in [0.25, 0.3) is 0 Å². The van der Waals surface area contributed by atoms with Crippen LogP contribution in [0.15, 0.2) is 66.7 Å². The van der Waals surface area contributed by atoms with Gasteiger partial charge in [-0.25, -0.2) is 0 Å². The highest BCUT2D eigenvalue weighted by atomic mass is 16.5. The molecule has 0 aromatic heterocycles. The van der Waals surface area contributed by atoms with Crippen LogP contribution in [0.5, 0.6) is 17.2 Å². The van der Waals surface area contributed by atoms with Crippen molar-refractivity contribution in [1.82, 2.24) is 10.6 Å².